The number of carbonyl (C=O) groups is 1. The molecule has 0 radical (unpaired) electrons. The zero-order valence-corrected chi connectivity index (χ0v) is 12.8. The molecule has 1 N–H and O–H groups in total. The van der Waals surface area contributed by atoms with Crippen LogP contribution in [0.25, 0.3) is 0 Å². The van der Waals surface area contributed by atoms with Gasteiger partial charge in [0.15, 0.2) is 0 Å². The fourth-order valence-electron chi connectivity index (χ4n) is 1.69. The Labute approximate surface area is 126 Å². The van der Waals surface area contributed by atoms with E-state index >= 15 is 0 Å². The van der Waals surface area contributed by atoms with Gasteiger partial charge in [0.05, 0.1) is 19.4 Å². The summed E-state index contributed by atoms with van der Waals surface area (Å²) in [6.07, 6.45) is 5.78. The smallest absolute Gasteiger partial charge is 0.427 e. The second kappa shape index (κ2) is 10.7. The first-order valence-electron chi connectivity index (χ1n) is 7.45. The highest BCUT2D eigenvalue weighted by molar-refractivity contribution is 5.80. The molecular formula is C16H24N2O3. The molecule has 0 aliphatic carbocycles. The highest BCUT2D eigenvalue weighted by Gasteiger charge is 1.97. The van der Waals surface area contributed by atoms with Crippen LogP contribution in [0.2, 0.25) is 0 Å². The van der Waals surface area contributed by atoms with Crippen molar-refractivity contribution in [2.24, 2.45) is 5.10 Å². The Kier molecular flexibility index (Phi) is 8.68. The molecule has 5 heteroatoms. The number of nitrogens with zero attached hydrogens (tertiary/aromatic N) is 1. The number of hydrogen-bond acceptors (Lipinski definition) is 4. The molecule has 0 aliphatic rings. The molecule has 0 fully saturated rings. The number of benzene rings is 1. The summed E-state index contributed by atoms with van der Waals surface area (Å²) in [6.45, 7) is 5.01. The van der Waals surface area contributed by atoms with Gasteiger partial charge in [-0.15, -0.1) is 0 Å². The molecular weight excluding hydrogens is 268 g/mol. The average Bonchev–Trinajstić information content (AvgIpc) is 2.49. The van der Waals surface area contributed by atoms with Gasteiger partial charge < -0.3 is 9.47 Å². The van der Waals surface area contributed by atoms with Gasteiger partial charge in [0.1, 0.15) is 5.75 Å². The van der Waals surface area contributed by atoms with Gasteiger partial charge in [0, 0.05) is 0 Å². The molecule has 0 aromatic heterocycles. The third-order valence-corrected chi connectivity index (χ3v) is 2.79. The first kappa shape index (κ1) is 17.0. The van der Waals surface area contributed by atoms with Crippen LogP contribution >= 0.6 is 0 Å². The van der Waals surface area contributed by atoms with Crippen molar-refractivity contribution >= 4 is 12.3 Å². The maximum Gasteiger partial charge on any atom is 0.427 e. The topological polar surface area (TPSA) is 59.9 Å². The quantitative estimate of drug-likeness (QED) is 0.428. The number of hydrogen-bond donors (Lipinski definition) is 1. The van der Waals surface area contributed by atoms with Gasteiger partial charge >= 0.3 is 6.09 Å². The number of rotatable bonds is 9. The van der Waals surface area contributed by atoms with Crippen molar-refractivity contribution in [2.75, 3.05) is 13.2 Å². The van der Waals surface area contributed by atoms with E-state index < -0.39 is 6.09 Å². The lowest BCUT2D eigenvalue weighted by Gasteiger charge is -2.05. The van der Waals surface area contributed by atoms with E-state index in [2.05, 4.69) is 22.2 Å². The summed E-state index contributed by atoms with van der Waals surface area (Å²) in [7, 11) is 0. The van der Waals surface area contributed by atoms with E-state index in [1.807, 2.05) is 24.3 Å². The lowest BCUT2D eigenvalue weighted by Crippen LogP contribution is -2.18. The van der Waals surface area contributed by atoms with Crippen LogP contribution in [0.3, 0.4) is 0 Å². The van der Waals surface area contributed by atoms with Crippen molar-refractivity contribution in [2.45, 2.75) is 39.5 Å². The van der Waals surface area contributed by atoms with E-state index in [1.165, 1.54) is 19.3 Å². The molecule has 21 heavy (non-hydrogen) atoms. The molecule has 0 bridgehead atoms. The van der Waals surface area contributed by atoms with Gasteiger partial charge in [-0.3, -0.25) is 0 Å². The molecule has 0 saturated heterocycles. The van der Waals surface area contributed by atoms with E-state index in [0.717, 1.165) is 24.3 Å². The van der Waals surface area contributed by atoms with Crippen molar-refractivity contribution in [3.05, 3.63) is 29.8 Å². The summed E-state index contributed by atoms with van der Waals surface area (Å²) < 4.78 is 10.3. The summed E-state index contributed by atoms with van der Waals surface area (Å²) in [6, 6.07) is 7.56. The fourth-order valence-corrected chi connectivity index (χ4v) is 1.69. The minimum atomic E-state index is -0.555. The highest BCUT2D eigenvalue weighted by Crippen LogP contribution is 2.12. The van der Waals surface area contributed by atoms with Crippen LogP contribution in [0.5, 0.6) is 5.75 Å². The zero-order valence-electron chi connectivity index (χ0n) is 12.8. The average molecular weight is 292 g/mol. The number of amides is 1. The molecule has 1 aromatic carbocycles. The van der Waals surface area contributed by atoms with Gasteiger partial charge in [0.25, 0.3) is 0 Å². The van der Waals surface area contributed by atoms with Gasteiger partial charge in [-0.2, -0.15) is 5.10 Å². The fraction of sp³-hybridized carbons (Fsp3) is 0.500. The maximum atomic E-state index is 11.0. The Morgan fingerprint density at radius 3 is 2.62 bits per heavy atom. The molecule has 1 rings (SSSR count). The Balaban J connectivity index is 2.29. The maximum absolute atomic E-state index is 11.0. The summed E-state index contributed by atoms with van der Waals surface area (Å²) in [5.74, 6) is 0.849. The van der Waals surface area contributed by atoms with E-state index in [0.29, 0.717) is 6.61 Å². The van der Waals surface area contributed by atoms with E-state index in [1.54, 1.807) is 13.1 Å². The molecule has 0 aliphatic heterocycles. The minimum absolute atomic E-state index is 0.325. The molecule has 0 atom stereocenters. The van der Waals surface area contributed by atoms with Crippen molar-refractivity contribution in [3.63, 3.8) is 0 Å². The van der Waals surface area contributed by atoms with Gasteiger partial charge in [-0.05, 0) is 43.2 Å². The van der Waals surface area contributed by atoms with Crippen molar-refractivity contribution < 1.29 is 14.3 Å². The summed E-state index contributed by atoms with van der Waals surface area (Å²) in [4.78, 5) is 11.0. The minimum Gasteiger partial charge on any atom is -0.494 e. The second-order valence-corrected chi connectivity index (χ2v) is 4.57. The second-order valence-electron chi connectivity index (χ2n) is 4.57. The normalized spacial score (nSPS) is 10.6. The SMILES string of the molecule is CCCCCCOc1ccc(/C=N/NC(=O)OCC)cc1. The number of ether oxygens (including phenoxy) is 2. The predicted molar refractivity (Wildman–Crippen MR) is 83.8 cm³/mol. The first-order valence-corrected chi connectivity index (χ1v) is 7.45. The standard InChI is InChI=1S/C16H24N2O3/c1-3-5-6-7-12-21-15-10-8-14(9-11-15)13-17-18-16(19)20-4-2/h8-11,13H,3-7,12H2,1-2H3,(H,18,19)/b17-13+. The van der Waals surface area contributed by atoms with Crippen LogP contribution < -0.4 is 10.2 Å². The highest BCUT2D eigenvalue weighted by atomic mass is 16.5. The number of carbonyl (C=O) groups excluding carboxylic acids is 1. The summed E-state index contributed by atoms with van der Waals surface area (Å²) in [5, 5.41) is 3.80. The summed E-state index contributed by atoms with van der Waals surface area (Å²) in [5.41, 5.74) is 3.16. The molecule has 1 aromatic rings. The van der Waals surface area contributed by atoms with Crippen molar-refractivity contribution in [3.8, 4) is 5.75 Å². The molecule has 116 valence electrons. The largest absolute Gasteiger partial charge is 0.494 e. The van der Waals surface area contributed by atoms with Gasteiger partial charge in [-0.25, -0.2) is 10.2 Å². The first-order chi connectivity index (χ1) is 10.3. The zero-order chi connectivity index (χ0) is 15.3. The molecule has 0 spiro atoms. The third kappa shape index (κ3) is 7.97. The lowest BCUT2D eigenvalue weighted by molar-refractivity contribution is 0.152. The van der Waals surface area contributed by atoms with Crippen LogP contribution in [0.4, 0.5) is 4.79 Å². The predicted octanol–water partition coefficient (Wildman–Crippen LogP) is 3.73. The van der Waals surface area contributed by atoms with Gasteiger partial charge in [-0.1, -0.05) is 26.2 Å². The Morgan fingerprint density at radius 1 is 1.19 bits per heavy atom. The van der Waals surface area contributed by atoms with Crippen molar-refractivity contribution in [1.82, 2.24) is 5.43 Å². The van der Waals surface area contributed by atoms with Crippen molar-refractivity contribution in [1.29, 1.82) is 0 Å². The number of unbranched alkanes of at least 4 members (excludes halogenated alkanes) is 3. The Bertz CT molecular complexity index is 430. The molecule has 1 amide bonds. The van der Waals surface area contributed by atoms with Crippen LogP contribution in [0.15, 0.2) is 29.4 Å². The Hall–Kier alpha value is -2.04. The van der Waals surface area contributed by atoms with Crippen LogP contribution in [-0.4, -0.2) is 25.5 Å². The molecule has 5 nitrogen and oxygen atoms in total. The number of hydrazone groups is 1. The van der Waals surface area contributed by atoms with Gasteiger partial charge in [0.2, 0.25) is 0 Å². The monoisotopic (exact) mass is 292 g/mol. The Morgan fingerprint density at radius 2 is 1.95 bits per heavy atom. The molecule has 0 heterocycles. The van der Waals surface area contributed by atoms with Crippen LogP contribution in [0.1, 0.15) is 45.1 Å². The van der Waals surface area contributed by atoms with E-state index in [9.17, 15) is 4.79 Å². The third-order valence-electron chi connectivity index (χ3n) is 2.79. The van der Waals surface area contributed by atoms with E-state index in [4.69, 9.17) is 4.74 Å². The van der Waals surface area contributed by atoms with Crippen LogP contribution in [-0.2, 0) is 4.74 Å². The molecule has 0 unspecified atom stereocenters. The summed E-state index contributed by atoms with van der Waals surface area (Å²) >= 11 is 0. The van der Waals surface area contributed by atoms with E-state index in [-0.39, 0.29) is 0 Å². The lowest BCUT2D eigenvalue weighted by atomic mass is 10.2. The molecule has 0 saturated carbocycles. The number of nitrogens with one attached hydrogen (secondary N) is 1. The van der Waals surface area contributed by atoms with Crippen LogP contribution in [0, 0.1) is 0 Å².